The maximum atomic E-state index is 12.7. The minimum absolute atomic E-state index is 0.0707. The van der Waals surface area contributed by atoms with Crippen molar-refractivity contribution < 1.29 is 9.53 Å². The second-order valence-electron chi connectivity index (χ2n) is 7.74. The predicted molar refractivity (Wildman–Crippen MR) is 121 cm³/mol. The summed E-state index contributed by atoms with van der Waals surface area (Å²) in [6, 6.07) is 19.9. The number of hydrogen-bond acceptors (Lipinski definition) is 5. The Labute approximate surface area is 186 Å². The Hall–Kier alpha value is -4.00. The molecule has 1 aliphatic heterocycles. The van der Waals surface area contributed by atoms with Crippen LogP contribution in [0.1, 0.15) is 34.7 Å². The van der Waals surface area contributed by atoms with Gasteiger partial charge in [-0.3, -0.25) is 4.79 Å². The minimum Gasteiger partial charge on any atom is -0.493 e. The fourth-order valence-electron chi connectivity index (χ4n) is 4.18. The fourth-order valence-corrected chi connectivity index (χ4v) is 4.18. The highest BCUT2D eigenvalue weighted by Gasteiger charge is 2.34. The summed E-state index contributed by atoms with van der Waals surface area (Å²) < 4.78 is 7.80. The standard InChI is InChI=1S/C25H23N5O2/c1-17-23-20(16-22(31)28-24(23)30(29-17)25-26-13-7-14-27-25)19-10-5-6-11-21(19)32-15-12-18-8-3-2-4-9-18/h2-11,13-14,20H,12,15-16H2,1H3,(H,28,31). The van der Waals surface area contributed by atoms with Gasteiger partial charge in [-0.05, 0) is 24.6 Å². The van der Waals surface area contributed by atoms with E-state index in [9.17, 15) is 4.79 Å². The number of benzene rings is 2. The van der Waals surface area contributed by atoms with Crippen molar-refractivity contribution in [3.63, 3.8) is 0 Å². The molecule has 1 atom stereocenters. The largest absolute Gasteiger partial charge is 0.493 e. The number of ether oxygens (including phenoxy) is 1. The first-order valence-electron chi connectivity index (χ1n) is 10.6. The third-order valence-electron chi connectivity index (χ3n) is 5.63. The van der Waals surface area contributed by atoms with E-state index in [1.807, 2.05) is 49.4 Å². The zero-order chi connectivity index (χ0) is 21.9. The van der Waals surface area contributed by atoms with E-state index in [4.69, 9.17) is 4.74 Å². The third-order valence-corrected chi connectivity index (χ3v) is 5.63. The van der Waals surface area contributed by atoms with E-state index in [2.05, 4.69) is 32.5 Å². The van der Waals surface area contributed by atoms with Gasteiger partial charge in [0.2, 0.25) is 5.91 Å². The van der Waals surface area contributed by atoms with E-state index < -0.39 is 0 Å². The van der Waals surface area contributed by atoms with Crippen molar-refractivity contribution in [2.75, 3.05) is 11.9 Å². The molecule has 5 rings (SSSR count). The Bertz CT molecular complexity index is 1240. The van der Waals surface area contributed by atoms with Gasteiger partial charge in [-0.15, -0.1) is 0 Å². The molecule has 3 heterocycles. The Morgan fingerprint density at radius 2 is 1.78 bits per heavy atom. The molecule has 1 aliphatic rings. The average Bonchev–Trinajstić information content (AvgIpc) is 3.16. The Morgan fingerprint density at radius 3 is 2.59 bits per heavy atom. The molecule has 32 heavy (non-hydrogen) atoms. The maximum absolute atomic E-state index is 12.7. The molecule has 0 radical (unpaired) electrons. The van der Waals surface area contributed by atoms with Crippen molar-refractivity contribution >= 4 is 11.7 Å². The van der Waals surface area contributed by atoms with Gasteiger partial charge in [0.25, 0.3) is 5.95 Å². The van der Waals surface area contributed by atoms with Crippen LogP contribution in [0.2, 0.25) is 0 Å². The second-order valence-corrected chi connectivity index (χ2v) is 7.74. The van der Waals surface area contributed by atoms with Crippen LogP contribution in [0.15, 0.2) is 73.1 Å². The lowest BCUT2D eigenvalue weighted by Gasteiger charge is -2.25. The van der Waals surface area contributed by atoms with Crippen LogP contribution in [0, 0.1) is 6.92 Å². The molecule has 1 N–H and O–H groups in total. The van der Waals surface area contributed by atoms with Gasteiger partial charge in [0.15, 0.2) is 0 Å². The van der Waals surface area contributed by atoms with Crippen LogP contribution in [0.3, 0.4) is 0 Å². The fraction of sp³-hybridized carbons (Fsp3) is 0.200. The number of para-hydroxylation sites is 1. The summed E-state index contributed by atoms with van der Waals surface area (Å²) in [4.78, 5) is 21.3. The van der Waals surface area contributed by atoms with E-state index >= 15 is 0 Å². The van der Waals surface area contributed by atoms with Crippen LogP contribution in [0.5, 0.6) is 5.75 Å². The van der Waals surface area contributed by atoms with Gasteiger partial charge in [-0.25, -0.2) is 9.97 Å². The van der Waals surface area contributed by atoms with Gasteiger partial charge in [0, 0.05) is 42.3 Å². The van der Waals surface area contributed by atoms with Gasteiger partial charge in [0.05, 0.1) is 12.3 Å². The van der Waals surface area contributed by atoms with Crippen LogP contribution in [0.4, 0.5) is 5.82 Å². The molecule has 0 fully saturated rings. The van der Waals surface area contributed by atoms with Crippen molar-refractivity contribution in [1.29, 1.82) is 0 Å². The molecule has 0 aliphatic carbocycles. The summed E-state index contributed by atoms with van der Waals surface area (Å²) in [7, 11) is 0. The number of anilines is 1. The summed E-state index contributed by atoms with van der Waals surface area (Å²) in [5.74, 6) is 1.60. The molecule has 0 saturated carbocycles. The smallest absolute Gasteiger partial charge is 0.252 e. The number of amides is 1. The van der Waals surface area contributed by atoms with Crippen molar-refractivity contribution in [1.82, 2.24) is 19.7 Å². The highest BCUT2D eigenvalue weighted by Crippen LogP contribution is 2.42. The number of carbonyl (C=O) groups is 1. The number of carbonyl (C=O) groups excluding carboxylic acids is 1. The van der Waals surface area contributed by atoms with Gasteiger partial charge in [-0.2, -0.15) is 9.78 Å². The van der Waals surface area contributed by atoms with Crippen LogP contribution >= 0.6 is 0 Å². The van der Waals surface area contributed by atoms with E-state index in [1.54, 1.807) is 23.1 Å². The van der Waals surface area contributed by atoms with Crippen LogP contribution in [-0.2, 0) is 11.2 Å². The highest BCUT2D eigenvalue weighted by molar-refractivity contribution is 5.95. The third kappa shape index (κ3) is 3.85. The minimum atomic E-state index is -0.163. The topological polar surface area (TPSA) is 81.9 Å². The number of aromatic nitrogens is 4. The molecule has 7 nitrogen and oxygen atoms in total. The molecule has 2 aromatic carbocycles. The zero-order valence-electron chi connectivity index (χ0n) is 17.7. The molecule has 160 valence electrons. The number of aryl methyl sites for hydroxylation is 1. The van der Waals surface area contributed by atoms with E-state index in [0.717, 1.165) is 29.0 Å². The van der Waals surface area contributed by atoms with E-state index in [0.29, 0.717) is 24.8 Å². The summed E-state index contributed by atoms with van der Waals surface area (Å²) in [5.41, 5.74) is 4.00. The van der Waals surface area contributed by atoms with Crippen molar-refractivity contribution in [2.24, 2.45) is 0 Å². The molecule has 7 heteroatoms. The molecular weight excluding hydrogens is 402 g/mol. The first-order valence-corrected chi connectivity index (χ1v) is 10.6. The molecular formula is C25H23N5O2. The van der Waals surface area contributed by atoms with Gasteiger partial charge < -0.3 is 10.1 Å². The molecule has 0 bridgehead atoms. The number of nitrogens with one attached hydrogen (secondary N) is 1. The van der Waals surface area contributed by atoms with Gasteiger partial charge in [0.1, 0.15) is 11.6 Å². The Morgan fingerprint density at radius 1 is 1.03 bits per heavy atom. The highest BCUT2D eigenvalue weighted by atomic mass is 16.5. The molecule has 0 saturated heterocycles. The number of fused-ring (bicyclic) bond motifs is 1. The van der Waals surface area contributed by atoms with Crippen LogP contribution in [-0.4, -0.2) is 32.3 Å². The van der Waals surface area contributed by atoms with Crippen LogP contribution in [0.25, 0.3) is 5.95 Å². The molecule has 2 aromatic heterocycles. The lowest BCUT2D eigenvalue weighted by molar-refractivity contribution is -0.116. The quantitative estimate of drug-likeness (QED) is 0.504. The van der Waals surface area contributed by atoms with E-state index in [-0.39, 0.29) is 11.8 Å². The van der Waals surface area contributed by atoms with Crippen molar-refractivity contribution in [3.05, 3.63) is 95.4 Å². The van der Waals surface area contributed by atoms with E-state index in [1.165, 1.54) is 5.56 Å². The Kier molecular flexibility index (Phi) is 5.37. The normalized spacial score (nSPS) is 15.2. The summed E-state index contributed by atoms with van der Waals surface area (Å²) >= 11 is 0. The van der Waals surface area contributed by atoms with Crippen molar-refractivity contribution in [3.8, 4) is 11.7 Å². The molecule has 1 unspecified atom stereocenters. The van der Waals surface area contributed by atoms with Crippen LogP contribution < -0.4 is 10.1 Å². The summed E-state index contributed by atoms with van der Waals surface area (Å²) in [6.07, 6.45) is 4.45. The average molecular weight is 425 g/mol. The van der Waals surface area contributed by atoms with Gasteiger partial charge in [-0.1, -0.05) is 48.5 Å². The lowest BCUT2D eigenvalue weighted by Crippen LogP contribution is -2.25. The number of rotatable bonds is 6. The first-order chi connectivity index (χ1) is 15.7. The molecule has 4 aromatic rings. The molecule has 1 amide bonds. The lowest BCUT2D eigenvalue weighted by atomic mass is 9.85. The second kappa shape index (κ2) is 8.63. The first kappa shape index (κ1) is 19.9. The van der Waals surface area contributed by atoms with Crippen molar-refractivity contribution in [2.45, 2.75) is 25.7 Å². The number of hydrogen-bond donors (Lipinski definition) is 1. The number of nitrogens with zero attached hydrogens (tertiary/aromatic N) is 4. The monoisotopic (exact) mass is 425 g/mol. The van der Waals surface area contributed by atoms with Gasteiger partial charge >= 0.3 is 0 Å². The SMILES string of the molecule is Cc1nn(-c2ncccn2)c2c1C(c1ccccc1OCCc1ccccc1)CC(=O)N2. The zero-order valence-corrected chi connectivity index (χ0v) is 17.7. The predicted octanol–water partition coefficient (Wildman–Crippen LogP) is 4.07. The Balaban J connectivity index is 1.48. The summed E-state index contributed by atoms with van der Waals surface area (Å²) in [5, 5.41) is 7.61. The molecule has 0 spiro atoms. The summed E-state index contributed by atoms with van der Waals surface area (Å²) in [6.45, 7) is 2.50. The maximum Gasteiger partial charge on any atom is 0.252 e.